The summed E-state index contributed by atoms with van der Waals surface area (Å²) in [4.78, 5) is 13.6. The highest BCUT2D eigenvalue weighted by atomic mass is 16.5. The average Bonchev–Trinajstić information content (AvgIpc) is 2.43. The van der Waals surface area contributed by atoms with E-state index in [1.807, 2.05) is 0 Å². The van der Waals surface area contributed by atoms with Crippen LogP contribution in [0.4, 0.5) is 0 Å². The van der Waals surface area contributed by atoms with Gasteiger partial charge < -0.3 is 14.7 Å². The van der Waals surface area contributed by atoms with E-state index >= 15 is 0 Å². The predicted octanol–water partition coefficient (Wildman–Crippen LogP) is 3.28. The number of carbonyl (C=O) groups is 1. The first-order chi connectivity index (χ1) is 9.98. The third-order valence-electron chi connectivity index (χ3n) is 3.97. The molecule has 1 saturated heterocycles. The molecule has 1 heterocycles. The van der Waals surface area contributed by atoms with Crippen LogP contribution >= 0.6 is 0 Å². The Morgan fingerprint density at radius 1 is 1.38 bits per heavy atom. The molecule has 21 heavy (non-hydrogen) atoms. The number of carboxylic acids is 1. The maximum absolute atomic E-state index is 11.1. The van der Waals surface area contributed by atoms with Crippen molar-refractivity contribution in [2.45, 2.75) is 33.1 Å². The Bertz CT molecular complexity index is 485. The van der Waals surface area contributed by atoms with Crippen LogP contribution in [0, 0.1) is 5.41 Å². The normalized spacial score (nSPS) is 18.4. The fourth-order valence-electron chi connectivity index (χ4n) is 2.97. The Morgan fingerprint density at radius 2 is 2.14 bits per heavy atom. The number of hydrogen-bond donors (Lipinski definition) is 1. The molecule has 4 nitrogen and oxygen atoms in total. The van der Waals surface area contributed by atoms with E-state index < -0.39 is 5.97 Å². The quantitative estimate of drug-likeness (QED) is 0.817. The topological polar surface area (TPSA) is 49.8 Å². The zero-order chi connectivity index (χ0) is 15.3. The second-order valence-corrected chi connectivity index (χ2v) is 6.55. The number of aromatic carboxylic acids is 1. The van der Waals surface area contributed by atoms with Crippen molar-refractivity contribution in [1.82, 2.24) is 4.90 Å². The molecule has 1 N–H and O–H groups in total. The van der Waals surface area contributed by atoms with E-state index in [0.29, 0.717) is 17.8 Å². The van der Waals surface area contributed by atoms with Crippen LogP contribution in [0.15, 0.2) is 24.3 Å². The maximum atomic E-state index is 11.1. The molecule has 4 heteroatoms. The van der Waals surface area contributed by atoms with Gasteiger partial charge in [-0.1, -0.05) is 26.0 Å². The number of benzene rings is 1. The van der Waals surface area contributed by atoms with Gasteiger partial charge in [0.1, 0.15) is 11.3 Å². The van der Waals surface area contributed by atoms with Gasteiger partial charge in [-0.15, -0.1) is 0 Å². The molecule has 0 radical (unpaired) electrons. The van der Waals surface area contributed by atoms with Crippen molar-refractivity contribution in [3.05, 3.63) is 29.8 Å². The molecule has 1 aliphatic rings. The van der Waals surface area contributed by atoms with E-state index in [2.05, 4.69) is 18.7 Å². The van der Waals surface area contributed by atoms with E-state index in [9.17, 15) is 4.79 Å². The molecule has 0 aromatic heterocycles. The lowest BCUT2D eigenvalue weighted by Gasteiger charge is -2.38. The summed E-state index contributed by atoms with van der Waals surface area (Å²) >= 11 is 0. The van der Waals surface area contributed by atoms with Crippen molar-refractivity contribution in [3.8, 4) is 5.75 Å². The first-order valence-corrected chi connectivity index (χ1v) is 7.65. The Hall–Kier alpha value is -1.55. The first-order valence-electron chi connectivity index (χ1n) is 7.65. The van der Waals surface area contributed by atoms with Gasteiger partial charge in [-0.3, -0.25) is 0 Å². The fourth-order valence-corrected chi connectivity index (χ4v) is 2.97. The van der Waals surface area contributed by atoms with Gasteiger partial charge in [0.2, 0.25) is 0 Å². The largest absolute Gasteiger partial charge is 0.493 e. The summed E-state index contributed by atoms with van der Waals surface area (Å²) in [6.45, 7) is 8.51. The Morgan fingerprint density at radius 3 is 2.86 bits per heavy atom. The number of rotatable bonds is 6. The molecule has 1 aromatic rings. The predicted molar refractivity (Wildman–Crippen MR) is 83.0 cm³/mol. The molecule has 0 amide bonds. The smallest absolute Gasteiger partial charge is 0.339 e. The molecular formula is C17H25NO3. The van der Waals surface area contributed by atoms with Crippen molar-refractivity contribution < 1.29 is 14.6 Å². The fraction of sp³-hybridized carbons (Fsp3) is 0.588. The van der Waals surface area contributed by atoms with Crippen molar-refractivity contribution >= 4 is 5.97 Å². The summed E-state index contributed by atoms with van der Waals surface area (Å²) in [6, 6.07) is 6.80. The minimum atomic E-state index is -0.941. The number of likely N-dealkylation sites (tertiary alicyclic amines) is 1. The average molecular weight is 291 g/mol. The Kier molecular flexibility index (Phi) is 5.23. The van der Waals surface area contributed by atoms with Gasteiger partial charge >= 0.3 is 5.97 Å². The molecule has 0 atom stereocenters. The van der Waals surface area contributed by atoms with Gasteiger partial charge in [0.25, 0.3) is 0 Å². The molecule has 0 spiro atoms. The van der Waals surface area contributed by atoms with Crippen LogP contribution < -0.4 is 4.74 Å². The van der Waals surface area contributed by atoms with Crippen molar-refractivity contribution in [2.75, 3.05) is 26.2 Å². The molecule has 116 valence electrons. The van der Waals surface area contributed by atoms with E-state index in [-0.39, 0.29) is 5.56 Å². The lowest BCUT2D eigenvalue weighted by Crippen LogP contribution is -2.40. The molecule has 0 unspecified atom stereocenters. The van der Waals surface area contributed by atoms with Crippen LogP contribution in [0.25, 0.3) is 0 Å². The molecule has 2 rings (SSSR count). The van der Waals surface area contributed by atoms with Crippen molar-refractivity contribution in [1.29, 1.82) is 0 Å². The highest BCUT2D eigenvalue weighted by Gasteiger charge is 2.25. The van der Waals surface area contributed by atoms with Crippen LogP contribution in [-0.2, 0) is 0 Å². The SMILES string of the molecule is CC1(C)CCCN(CCCOc2ccccc2C(=O)O)C1. The summed E-state index contributed by atoms with van der Waals surface area (Å²) in [5.41, 5.74) is 0.645. The molecule has 1 aromatic carbocycles. The third-order valence-corrected chi connectivity index (χ3v) is 3.97. The number of nitrogens with zero attached hydrogens (tertiary/aromatic N) is 1. The monoisotopic (exact) mass is 291 g/mol. The van der Waals surface area contributed by atoms with E-state index in [0.717, 1.165) is 26.1 Å². The summed E-state index contributed by atoms with van der Waals surface area (Å²) in [7, 11) is 0. The summed E-state index contributed by atoms with van der Waals surface area (Å²) < 4.78 is 5.63. The number of para-hydroxylation sites is 1. The van der Waals surface area contributed by atoms with Gasteiger partial charge in [-0.05, 0) is 43.4 Å². The molecule has 1 fully saturated rings. The summed E-state index contributed by atoms with van der Waals surface area (Å²) in [6.07, 6.45) is 3.48. The first kappa shape index (κ1) is 15.8. The van der Waals surface area contributed by atoms with Crippen LogP contribution in [0.2, 0.25) is 0 Å². The van der Waals surface area contributed by atoms with Crippen molar-refractivity contribution in [3.63, 3.8) is 0 Å². The maximum Gasteiger partial charge on any atom is 0.339 e. The Balaban J connectivity index is 1.76. The molecule has 1 aliphatic heterocycles. The molecule has 0 bridgehead atoms. The number of hydrogen-bond acceptors (Lipinski definition) is 3. The van der Waals surface area contributed by atoms with Crippen molar-refractivity contribution in [2.24, 2.45) is 5.41 Å². The third kappa shape index (κ3) is 4.74. The summed E-state index contributed by atoms with van der Waals surface area (Å²) in [5.74, 6) is -0.479. The van der Waals surface area contributed by atoms with Crippen LogP contribution in [0.5, 0.6) is 5.75 Å². The number of carboxylic acid groups (broad SMARTS) is 1. The molecule has 0 saturated carbocycles. The zero-order valence-corrected chi connectivity index (χ0v) is 13.0. The second-order valence-electron chi connectivity index (χ2n) is 6.55. The van der Waals surface area contributed by atoms with Gasteiger partial charge in [0.05, 0.1) is 6.61 Å². The highest BCUT2D eigenvalue weighted by molar-refractivity contribution is 5.90. The highest BCUT2D eigenvalue weighted by Crippen LogP contribution is 2.28. The lowest BCUT2D eigenvalue weighted by molar-refractivity contribution is 0.0691. The van der Waals surface area contributed by atoms with E-state index in [4.69, 9.17) is 9.84 Å². The number of ether oxygens (including phenoxy) is 1. The lowest BCUT2D eigenvalue weighted by atomic mass is 9.84. The van der Waals surface area contributed by atoms with Crippen LogP contribution in [0.3, 0.4) is 0 Å². The van der Waals surface area contributed by atoms with E-state index in [1.54, 1.807) is 24.3 Å². The summed E-state index contributed by atoms with van der Waals surface area (Å²) in [5, 5.41) is 9.10. The van der Waals surface area contributed by atoms with Gasteiger partial charge in [-0.25, -0.2) is 4.79 Å². The molecular weight excluding hydrogens is 266 g/mol. The van der Waals surface area contributed by atoms with Crippen LogP contribution in [-0.4, -0.2) is 42.2 Å². The van der Waals surface area contributed by atoms with Gasteiger partial charge in [-0.2, -0.15) is 0 Å². The minimum absolute atomic E-state index is 0.233. The van der Waals surface area contributed by atoms with Crippen LogP contribution in [0.1, 0.15) is 43.5 Å². The van der Waals surface area contributed by atoms with Gasteiger partial charge in [0, 0.05) is 13.1 Å². The Labute approximate surface area is 126 Å². The zero-order valence-electron chi connectivity index (χ0n) is 13.0. The van der Waals surface area contributed by atoms with E-state index in [1.165, 1.54) is 12.8 Å². The standard InChI is InChI=1S/C17H25NO3/c1-17(2)9-5-10-18(13-17)11-6-12-21-15-8-4-3-7-14(15)16(19)20/h3-4,7-8H,5-6,9-13H2,1-2H3,(H,19,20). The number of piperidine rings is 1. The minimum Gasteiger partial charge on any atom is -0.493 e. The molecule has 0 aliphatic carbocycles. The second kappa shape index (κ2) is 6.94. The van der Waals surface area contributed by atoms with Gasteiger partial charge in [0.15, 0.2) is 0 Å².